The van der Waals surface area contributed by atoms with Crippen LogP contribution in [-0.4, -0.2) is 49.6 Å². The van der Waals surface area contributed by atoms with Gasteiger partial charge in [-0.05, 0) is 63.0 Å². The maximum Gasteiger partial charge on any atom is 0.191 e. The fraction of sp³-hybridized carbons (Fsp3) is 0.591. The number of hydrogen-bond acceptors (Lipinski definition) is 4. The molecule has 0 saturated heterocycles. The first-order valence-corrected chi connectivity index (χ1v) is 11.4. The zero-order valence-corrected chi connectivity index (χ0v) is 18.4. The Kier molecular flexibility index (Phi) is 10.8. The van der Waals surface area contributed by atoms with Gasteiger partial charge >= 0.3 is 0 Å². The van der Waals surface area contributed by atoms with Gasteiger partial charge in [-0.15, -0.1) is 11.3 Å². The molecule has 0 radical (unpaired) electrons. The summed E-state index contributed by atoms with van der Waals surface area (Å²) in [5.41, 5.74) is 0. The van der Waals surface area contributed by atoms with Crippen LogP contribution in [0.3, 0.4) is 0 Å². The lowest BCUT2D eigenvalue weighted by Gasteiger charge is -2.21. The van der Waals surface area contributed by atoms with Crippen LogP contribution < -0.4 is 10.6 Å². The van der Waals surface area contributed by atoms with Gasteiger partial charge in [-0.25, -0.2) is 0 Å². The van der Waals surface area contributed by atoms with Crippen LogP contribution in [-0.2, 0) is 12.8 Å². The Morgan fingerprint density at radius 3 is 2.75 bits per heavy atom. The number of guanidine groups is 1. The zero-order chi connectivity index (χ0) is 20.0. The molecule has 0 aliphatic rings. The molecular formula is C22H36N4OS. The molecule has 2 aromatic heterocycles. The second-order valence-electron chi connectivity index (χ2n) is 7.03. The van der Waals surface area contributed by atoms with Crippen LogP contribution in [0, 0.1) is 0 Å². The Hall–Kier alpha value is -1.79. The molecule has 2 heterocycles. The highest BCUT2D eigenvalue weighted by Gasteiger charge is 2.07. The van der Waals surface area contributed by atoms with Gasteiger partial charge in [-0.1, -0.05) is 19.9 Å². The van der Waals surface area contributed by atoms with Crippen LogP contribution in [0.15, 0.2) is 45.3 Å². The van der Waals surface area contributed by atoms with E-state index in [0.29, 0.717) is 6.04 Å². The van der Waals surface area contributed by atoms with E-state index < -0.39 is 0 Å². The SMILES string of the molecule is CCN(CC)CCCC(C)NC(=NCCc1cccs1)NCCc1ccco1. The van der Waals surface area contributed by atoms with Gasteiger partial charge < -0.3 is 20.0 Å². The molecule has 0 bridgehead atoms. The Balaban J connectivity index is 1.79. The second kappa shape index (κ2) is 13.4. The van der Waals surface area contributed by atoms with Crippen LogP contribution >= 0.6 is 11.3 Å². The van der Waals surface area contributed by atoms with E-state index in [1.165, 1.54) is 11.3 Å². The largest absolute Gasteiger partial charge is 0.469 e. The normalized spacial score (nSPS) is 13.1. The van der Waals surface area contributed by atoms with Gasteiger partial charge in [0.1, 0.15) is 5.76 Å². The molecule has 156 valence electrons. The Morgan fingerprint density at radius 2 is 2.07 bits per heavy atom. The van der Waals surface area contributed by atoms with Crippen molar-refractivity contribution in [2.45, 2.75) is 52.5 Å². The molecule has 2 N–H and O–H groups in total. The first kappa shape index (κ1) is 22.5. The molecular weight excluding hydrogens is 368 g/mol. The van der Waals surface area contributed by atoms with Crippen molar-refractivity contribution in [1.29, 1.82) is 0 Å². The summed E-state index contributed by atoms with van der Waals surface area (Å²) in [5.74, 6) is 1.90. The molecule has 0 amide bonds. The molecule has 6 heteroatoms. The van der Waals surface area contributed by atoms with Crippen molar-refractivity contribution in [3.8, 4) is 0 Å². The molecule has 1 unspecified atom stereocenters. The third-order valence-corrected chi connectivity index (χ3v) is 5.78. The van der Waals surface area contributed by atoms with Crippen LogP contribution in [0.1, 0.15) is 44.3 Å². The summed E-state index contributed by atoms with van der Waals surface area (Å²) in [5, 5.41) is 9.17. The lowest BCUT2D eigenvalue weighted by atomic mass is 10.2. The summed E-state index contributed by atoms with van der Waals surface area (Å²) >= 11 is 1.80. The highest BCUT2D eigenvalue weighted by Crippen LogP contribution is 2.09. The monoisotopic (exact) mass is 404 g/mol. The average Bonchev–Trinajstić information content (AvgIpc) is 3.39. The van der Waals surface area contributed by atoms with Crippen molar-refractivity contribution >= 4 is 17.3 Å². The summed E-state index contributed by atoms with van der Waals surface area (Å²) in [4.78, 5) is 8.65. The number of rotatable bonds is 13. The van der Waals surface area contributed by atoms with E-state index >= 15 is 0 Å². The summed E-state index contributed by atoms with van der Waals surface area (Å²) < 4.78 is 5.42. The van der Waals surface area contributed by atoms with E-state index in [1.807, 2.05) is 12.1 Å². The van der Waals surface area contributed by atoms with E-state index in [2.05, 4.69) is 53.8 Å². The van der Waals surface area contributed by atoms with Gasteiger partial charge in [0.2, 0.25) is 0 Å². The van der Waals surface area contributed by atoms with Crippen LogP contribution in [0.5, 0.6) is 0 Å². The van der Waals surface area contributed by atoms with Crippen molar-refractivity contribution in [2.75, 3.05) is 32.7 Å². The first-order valence-electron chi connectivity index (χ1n) is 10.5. The molecule has 2 rings (SSSR count). The van der Waals surface area contributed by atoms with Crippen LogP contribution in [0.4, 0.5) is 0 Å². The van der Waals surface area contributed by atoms with Gasteiger partial charge in [0.05, 0.1) is 6.26 Å². The maximum absolute atomic E-state index is 5.42. The van der Waals surface area contributed by atoms with Crippen molar-refractivity contribution in [2.24, 2.45) is 4.99 Å². The first-order chi connectivity index (χ1) is 13.7. The molecule has 0 saturated carbocycles. The molecule has 1 atom stereocenters. The van der Waals surface area contributed by atoms with Gasteiger partial charge in [-0.3, -0.25) is 4.99 Å². The van der Waals surface area contributed by atoms with Gasteiger partial charge in [-0.2, -0.15) is 0 Å². The molecule has 28 heavy (non-hydrogen) atoms. The van der Waals surface area contributed by atoms with E-state index in [-0.39, 0.29) is 0 Å². The van der Waals surface area contributed by atoms with E-state index in [0.717, 1.165) is 63.7 Å². The van der Waals surface area contributed by atoms with E-state index in [4.69, 9.17) is 9.41 Å². The minimum absolute atomic E-state index is 0.396. The predicted molar refractivity (Wildman–Crippen MR) is 120 cm³/mol. The van der Waals surface area contributed by atoms with Crippen molar-refractivity contribution in [3.63, 3.8) is 0 Å². The molecule has 0 spiro atoms. The lowest BCUT2D eigenvalue weighted by Crippen LogP contribution is -2.43. The minimum atomic E-state index is 0.396. The van der Waals surface area contributed by atoms with Gasteiger partial charge in [0.25, 0.3) is 0 Å². The quantitative estimate of drug-likeness (QED) is 0.389. The molecule has 0 aromatic carbocycles. The number of aliphatic imine (C=N–C) groups is 1. The average molecular weight is 405 g/mol. The Morgan fingerprint density at radius 1 is 1.21 bits per heavy atom. The molecule has 2 aromatic rings. The number of furan rings is 1. The fourth-order valence-corrected chi connectivity index (χ4v) is 3.81. The fourth-order valence-electron chi connectivity index (χ4n) is 3.11. The second-order valence-corrected chi connectivity index (χ2v) is 8.06. The molecule has 0 aliphatic heterocycles. The molecule has 0 aliphatic carbocycles. The summed E-state index contributed by atoms with van der Waals surface area (Å²) in [6, 6.07) is 8.61. The Bertz CT molecular complexity index is 636. The highest BCUT2D eigenvalue weighted by atomic mass is 32.1. The zero-order valence-electron chi connectivity index (χ0n) is 17.6. The van der Waals surface area contributed by atoms with E-state index in [9.17, 15) is 0 Å². The van der Waals surface area contributed by atoms with Gasteiger partial charge in [0, 0.05) is 36.9 Å². The number of thiophene rings is 1. The maximum atomic E-state index is 5.42. The summed E-state index contributed by atoms with van der Waals surface area (Å²) in [7, 11) is 0. The summed E-state index contributed by atoms with van der Waals surface area (Å²) in [6.07, 6.45) is 5.90. The number of nitrogens with zero attached hydrogens (tertiary/aromatic N) is 2. The summed E-state index contributed by atoms with van der Waals surface area (Å²) in [6.45, 7) is 11.7. The molecule has 5 nitrogen and oxygen atoms in total. The Labute approximate surface area is 174 Å². The third-order valence-electron chi connectivity index (χ3n) is 4.84. The van der Waals surface area contributed by atoms with Gasteiger partial charge in [0.15, 0.2) is 5.96 Å². The molecule has 0 fully saturated rings. The van der Waals surface area contributed by atoms with Crippen molar-refractivity contribution in [1.82, 2.24) is 15.5 Å². The minimum Gasteiger partial charge on any atom is -0.469 e. The number of hydrogen-bond donors (Lipinski definition) is 2. The van der Waals surface area contributed by atoms with E-state index in [1.54, 1.807) is 17.6 Å². The number of nitrogens with one attached hydrogen (secondary N) is 2. The predicted octanol–water partition coefficient (Wildman–Crippen LogP) is 4.17. The van der Waals surface area contributed by atoms with Crippen LogP contribution in [0.2, 0.25) is 0 Å². The highest BCUT2D eigenvalue weighted by molar-refractivity contribution is 7.09. The third kappa shape index (κ3) is 8.93. The lowest BCUT2D eigenvalue weighted by molar-refractivity contribution is 0.292. The topological polar surface area (TPSA) is 52.8 Å². The van der Waals surface area contributed by atoms with Crippen LogP contribution in [0.25, 0.3) is 0 Å². The smallest absolute Gasteiger partial charge is 0.191 e. The van der Waals surface area contributed by atoms with Crippen molar-refractivity contribution < 1.29 is 4.42 Å². The standard InChI is InChI=1S/C22H36N4OS/c1-4-26(5-2)16-6-9-19(3)25-22(23-14-12-20-10-7-17-27-20)24-15-13-21-11-8-18-28-21/h7-8,10-11,17-19H,4-6,9,12-16H2,1-3H3,(H2,23,24,25). The van der Waals surface area contributed by atoms with Crippen molar-refractivity contribution in [3.05, 3.63) is 46.5 Å².